The van der Waals surface area contributed by atoms with Crippen molar-refractivity contribution in [1.29, 1.82) is 0 Å². The zero-order chi connectivity index (χ0) is 23.5. The fourth-order valence-electron chi connectivity index (χ4n) is 4.22. The zero-order valence-electron chi connectivity index (χ0n) is 18.5. The van der Waals surface area contributed by atoms with Crippen molar-refractivity contribution in [2.24, 2.45) is 0 Å². The fourth-order valence-corrected chi connectivity index (χ4v) is 4.22. The van der Waals surface area contributed by atoms with Gasteiger partial charge in [-0.2, -0.15) is 0 Å². The van der Waals surface area contributed by atoms with Crippen LogP contribution in [0.25, 0.3) is 0 Å². The molecule has 0 bridgehead atoms. The third-order valence-electron chi connectivity index (χ3n) is 6.07. The molecular formula is C24H26FN3O5. The van der Waals surface area contributed by atoms with Crippen LogP contribution in [-0.4, -0.2) is 61.6 Å². The Bertz CT molecular complexity index is 1060. The molecule has 3 amide bonds. The molecule has 8 nitrogen and oxygen atoms in total. The molecule has 2 N–H and O–H groups in total. The monoisotopic (exact) mass is 455 g/mol. The molecule has 0 radical (unpaired) electrons. The van der Waals surface area contributed by atoms with Crippen LogP contribution in [0.15, 0.2) is 42.5 Å². The number of rotatable bonds is 4. The Morgan fingerprint density at radius 1 is 1.15 bits per heavy atom. The number of halogens is 1. The van der Waals surface area contributed by atoms with Crippen molar-refractivity contribution < 1.29 is 28.2 Å². The molecule has 2 heterocycles. The van der Waals surface area contributed by atoms with E-state index in [9.17, 15) is 18.8 Å². The molecule has 0 aliphatic carbocycles. The second-order valence-electron chi connectivity index (χ2n) is 8.22. The number of ether oxygens (including phenoxy) is 2. The van der Waals surface area contributed by atoms with Gasteiger partial charge in [0.05, 0.1) is 24.1 Å². The van der Waals surface area contributed by atoms with Gasteiger partial charge in [-0.1, -0.05) is 0 Å². The van der Waals surface area contributed by atoms with Crippen molar-refractivity contribution in [3.05, 3.63) is 59.4 Å². The summed E-state index contributed by atoms with van der Waals surface area (Å²) in [6.07, 6.45) is 1.04. The summed E-state index contributed by atoms with van der Waals surface area (Å²) in [6.45, 7) is 0.237. The van der Waals surface area contributed by atoms with Crippen molar-refractivity contribution in [1.82, 2.24) is 10.2 Å². The Hall–Kier alpha value is -3.46. The van der Waals surface area contributed by atoms with Crippen LogP contribution >= 0.6 is 0 Å². The van der Waals surface area contributed by atoms with Gasteiger partial charge in [-0.25, -0.2) is 4.39 Å². The second-order valence-corrected chi connectivity index (χ2v) is 8.22. The molecule has 33 heavy (non-hydrogen) atoms. The van der Waals surface area contributed by atoms with Crippen molar-refractivity contribution in [2.75, 3.05) is 26.0 Å². The van der Waals surface area contributed by atoms with Crippen LogP contribution in [0.4, 0.5) is 10.1 Å². The van der Waals surface area contributed by atoms with Gasteiger partial charge in [-0.3, -0.25) is 14.4 Å². The first-order chi connectivity index (χ1) is 15.9. The van der Waals surface area contributed by atoms with Crippen LogP contribution < -0.4 is 15.4 Å². The standard InChI is InChI=1S/C24H26FN3O5/c1-26-22(29)12-17-8-9-19-21(33-17)13-32-20-10-7-16(11-18(20)24(31)28(19)2)27-23(30)14-3-5-15(25)6-4-14/h3-7,10-11,17,19,21H,8-9,12-13H2,1-2H3,(H,26,29)(H,27,30)/t17-,19-,21-/m1/s1. The molecule has 0 saturated carbocycles. The first-order valence-electron chi connectivity index (χ1n) is 10.8. The first kappa shape index (κ1) is 22.7. The number of hydrogen-bond acceptors (Lipinski definition) is 5. The number of fused-ring (bicyclic) bond motifs is 2. The number of nitrogens with zero attached hydrogens (tertiary/aromatic N) is 1. The third kappa shape index (κ3) is 4.98. The Balaban J connectivity index is 1.51. The molecule has 1 saturated heterocycles. The molecular weight excluding hydrogens is 429 g/mol. The molecule has 3 atom stereocenters. The van der Waals surface area contributed by atoms with Gasteiger partial charge in [0, 0.05) is 25.3 Å². The Kier molecular flexibility index (Phi) is 6.60. The summed E-state index contributed by atoms with van der Waals surface area (Å²) >= 11 is 0. The molecule has 0 spiro atoms. The van der Waals surface area contributed by atoms with Crippen molar-refractivity contribution in [3.8, 4) is 5.75 Å². The molecule has 2 aliphatic rings. The smallest absolute Gasteiger partial charge is 0.257 e. The lowest BCUT2D eigenvalue weighted by molar-refractivity contribution is -0.133. The summed E-state index contributed by atoms with van der Waals surface area (Å²) in [4.78, 5) is 39.1. The molecule has 4 rings (SSSR count). The van der Waals surface area contributed by atoms with E-state index < -0.39 is 11.7 Å². The number of anilines is 1. The number of likely N-dealkylation sites (N-methyl/N-ethyl adjacent to an activating group) is 1. The summed E-state index contributed by atoms with van der Waals surface area (Å²) in [5, 5.41) is 5.34. The van der Waals surface area contributed by atoms with Crippen LogP contribution in [0.3, 0.4) is 0 Å². The minimum absolute atomic E-state index is 0.0878. The van der Waals surface area contributed by atoms with Gasteiger partial charge in [0.2, 0.25) is 5.91 Å². The fraction of sp³-hybridized carbons (Fsp3) is 0.375. The van der Waals surface area contributed by atoms with Gasteiger partial charge in [-0.05, 0) is 55.3 Å². The largest absolute Gasteiger partial charge is 0.490 e. The van der Waals surface area contributed by atoms with Gasteiger partial charge >= 0.3 is 0 Å². The maximum absolute atomic E-state index is 13.3. The summed E-state index contributed by atoms with van der Waals surface area (Å²) < 4.78 is 25.1. The maximum atomic E-state index is 13.3. The van der Waals surface area contributed by atoms with E-state index in [0.717, 1.165) is 0 Å². The van der Waals surface area contributed by atoms with E-state index in [2.05, 4.69) is 10.6 Å². The van der Waals surface area contributed by atoms with Gasteiger partial charge in [-0.15, -0.1) is 0 Å². The summed E-state index contributed by atoms with van der Waals surface area (Å²) in [5.41, 5.74) is 1.06. The minimum Gasteiger partial charge on any atom is -0.490 e. The van der Waals surface area contributed by atoms with E-state index in [-0.39, 0.29) is 43.1 Å². The van der Waals surface area contributed by atoms with E-state index in [4.69, 9.17) is 9.47 Å². The highest BCUT2D eigenvalue weighted by atomic mass is 19.1. The predicted molar refractivity (Wildman–Crippen MR) is 119 cm³/mol. The van der Waals surface area contributed by atoms with Gasteiger partial charge < -0.3 is 25.0 Å². The van der Waals surface area contributed by atoms with Crippen LogP contribution in [-0.2, 0) is 9.53 Å². The molecule has 2 aromatic rings. The third-order valence-corrected chi connectivity index (χ3v) is 6.07. The van der Waals surface area contributed by atoms with E-state index in [1.54, 1.807) is 37.2 Å². The predicted octanol–water partition coefficient (Wildman–Crippen LogP) is 2.59. The average Bonchev–Trinajstić information content (AvgIpc) is 2.82. The second kappa shape index (κ2) is 9.58. The Morgan fingerprint density at radius 2 is 1.91 bits per heavy atom. The van der Waals surface area contributed by atoms with Crippen molar-refractivity contribution in [3.63, 3.8) is 0 Å². The molecule has 1 fully saturated rings. The van der Waals surface area contributed by atoms with Crippen LogP contribution in [0.2, 0.25) is 0 Å². The number of carbonyl (C=O) groups excluding carboxylic acids is 3. The number of hydrogen-bond donors (Lipinski definition) is 2. The summed E-state index contributed by atoms with van der Waals surface area (Å²) in [7, 11) is 3.31. The topological polar surface area (TPSA) is 97.0 Å². The van der Waals surface area contributed by atoms with E-state index in [1.165, 1.54) is 24.3 Å². The molecule has 0 aromatic heterocycles. The average molecular weight is 455 g/mol. The molecule has 174 valence electrons. The number of carbonyl (C=O) groups is 3. The zero-order valence-corrected chi connectivity index (χ0v) is 18.5. The lowest BCUT2D eigenvalue weighted by atomic mass is 9.94. The number of benzene rings is 2. The molecule has 9 heteroatoms. The lowest BCUT2D eigenvalue weighted by Crippen LogP contribution is -2.53. The van der Waals surface area contributed by atoms with Gasteiger partial charge in [0.15, 0.2) is 0 Å². The van der Waals surface area contributed by atoms with Gasteiger partial charge in [0.25, 0.3) is 11.8 Å². The highest BCUT2D eigenvalue weighted by Gasteiger charge is 2.39. The molecule has 2 aromatic carbocycles. The maximum Gasteiger partial charge on any atom is 0.257 e. The van der Waals surface area contributed by atoms with Crippen LogP contribution in [0.5, 0.6) is 5.75 Å². The van der Waals surface area contributed by atoms with Crippen LogP contribution in [0.1, 0.15) is 40.0 Å². The molecule has 0 unspecified atom stereocenters. The Labute approximate surface area is 191 Å². The van der Waals surface area contributed by atoms with E-state index in [1.807, 2.05) is 0 Å². The van der Waals surface area contributed by atoms with E-state index >= 15 is 0 Å². The SMILES string of the molecule is CNC(=O)C[C@H]1CC[C@@H]2[C@@H](COc3ccc(NC(=O)c4ccc(F)cc4)cc3C(=O)N2C)O1. The van der Waals surface area contributed by atoms with Crippen LogP contribution in [0, 0.1) is 5.82 Å². The summed E-state index contributed by atoms with van der Waals surface area (Å²) in [5.74, 6) is -0.781. The van der Waals surface area contributed by atoms with Gasteiger partial charge in [0.1, 0.15) is 24.3 Å². The Morgan fingerprint density at radius 3 is 2.64 bits per heavy atom. The lowest BCUT2D eigenvalue weighted by Gasteiger charge is -2.42. The van der Waals surface area contributed by atoms with Crippen molar-refractivity contribution in [2.45, 2.75) is 37.5 Å². The number of nitrogens with one attached hydrogen (secondary N) is 2. The number of amides is 3. The summed E-state index contributed by atoms with van der Waals surface area (Å²) in [6, 6.07) is 9.86. The first-order valence-corrected chi connectivity index (χ1v) is 10.8. The highest BCUT2D eigenvalue weighted by Crippen LogP contribution is 2.32. The highest BCUT2D eigenvalue weighted by molar-refractivity contribution is 6.05. The van der Waals surface area contributed by atoms with E-state index in [0.29, 0.717) is 35.4 Å². The van der Waals surface area contributed by atoms with Crippen molar-refractivity contribution >= 4 is 23.4 Å². The normalized spacial score (nSPS) is 22.2. The quantitative estimate of drug-likeness (QED) is 0.739. The minimum atomic E-state index is -0.427. The molecule has 2 aliphatic heterocycles.